The molecule has 0 amide bonds. The third-order valence-electron chi connectivity index (χ3n) is 3.30. The number of hydrogen-bond donors (Lipinski definition) is 1. The quantitative estimate of drug-likeness (QED) is 0.592. The molecule has 0 aliphatic heterocycles. The zero-order valence-corrected chi connectivity index (χ0v) is 13.7. The fraction of sp³-hybridized carbons (Fsp3) is 0.125. The van der Waals surface area contributed by atoms with Gasteiger partial charge in [0.2, 0.25) is 4.77 Å². The maximum Gasteiger partial charge on any atom is 0.216 e. The van der Waals surface area contributed by atoms with Gasteiger partial charge in [-0.05, 0) is 42.0 Å². The van der Waals surface area contributed by atoms with Crippen molar-refractivity contribution in [2.24, 2.45) is 5.10 Å². The first-order valence-corrected chi connectivity index (χ1v) is 7.45. The number of aromatic nitrogens is 4. The van der Waals surface area contributed by atoms with Crippen LogP contribution in [0, 0.1) is 4.77 Å². The summed E-state index contributed by atoms with van der Waals surface area (Å²) in [6.45, 7) is 0. The SMILES string of the molecule is CN(C)c1ccc(/C=N/n2c(-c3cccnc3)n[nH]c2=S)cc1. The molecule has 1 aromatic carbocycles. The molecule has 0 unspecified atom stereocenters. The molecule has 7 heteroatoms. The summed E-state index contributed by atoms with van der Waals surface area (Å²) in [6.07, 6.45) is 5.19. The summed E-state index contributed by atoms with van der Waals surface area (Å²) in [6, 6.07) is 11.9. The number of H-pyrrole nitrogens is 1. The van der Waals surface area contributed by atoms with Crippen LogP contribution in [0.1, 0.15) is 5.56 Å². The van der Waals surface area contributed by atoms with E-state index in [1.165, 1.54) is 0 Å². The van der Waals surface area contributed by atoms with Gasteiger partial charge >= 0.3 is 0 Å². The first-order valence-electron chi connectivity index (χ1n) is 7.05. The molecule has 0 radical (unpaired) electrons. The van der Waals surface area contributed by atoms with Crippen LogP contribution in [0.4, 0.5) is 5.69 Å². The van der Waals surface area contributed by atoms with Crippen molar-refractivity contribution in [3.63, 3.8) is 0 Å². The molecular weight excluding hydrogens is 308 g/mol. The molecule has 0 aliphatic carbocycles. The van der Waals surface area contributed by atoms with Crippen molar-refractivity contribution in [1.29, 1.82) is 0 Å². The normalized spacial score (nSPS) is 11.0. The minimum absolute atomic E-state index is 0.435. The van der Waals surface area contributed by atoms with Gasteiger partial charge in [0, 0.05) is 37.7 Å². The first-order chi connectivity index (χ1) is 11.1. The molecule has 2 heterocycles. The highest BCUT2D eigenvalue weighted by Gasteiger charge is 2.07. The molecule has 116 valence electrons. The first kappa shape index (κ1) is 15.1. The minimum atomic E-state index is 0.435. The number of nitrogens with one attached hydrogen (secondary N) is 1. The Labute approximate surface area is 139 Å². The van der Waals surface area contributed by atoms with Gasteiger partial charge in [-0.25, -0.2) is 5.10 Å². The molecule has 0 saturated heterocycles. The van der Waals surface area contributed by atoms with Crippen molar-refractivity contribution < 1.29 is 0 Å². The summed E-state index contributed by atoms with van der Waals surface area (Å²) in [5.74, 6) is 0.629. The second kappa shape index (κ2) is 6.53. The highest BCUT2D eigenvalue weighted by Crippen LogP contribution is 2.16. The topological polar surface area (TPSA) is 62.1 Å². The molecule has 1 N–H and O–H groups in total. The molecular formula is C16H16N6S. The average Bonchev–Trinajstić information content (AvgIpc) is 2.95. The lowest BCUT2D eigenvalue weighted by atomic mass is 10.2. The van der Waals surface area contributed by atoms with Crippen molar-refractivity contribution in [3.05, 3.63) is 59.1 Å². The zero-order chi connectivity index (χ0) is 16.2. The molecule has 0 atom stereocenters. The van der Waals surface area contributed by atoms with Gasteiger partial charge < -0.3 is 4.90 Å². The number of benzene rings is 1. The molecule has 3 rings (SSSR count). The van der Waals surface area contributed by atoms with Crippen molar-refractivity contribution in [1.82, 2.24) is 19.9 Å². The lowest BCUT2D eigenvalue weighted by molar-refractivity contribution is 0.871. The Hall–Kier alpha value is -2.80. The van der Waals surface area contributed by atoms with Gasteiger partial charge in [-0.1, -0.05) is 12.1 Å². The zero-order valence-electron chi connectivity index (χ0n) is 12.8. The monoisotopic (exact) mass is 324 g/mol. The molecule has 23 heavy (non-hydrogen) atoms. The minimum Gasteiger partial charge on any atom is -0.378 e. The Bertz CT molecular complexity index is 862. The van der Waals surface area contributed by atoms with E-state index in [0.29, 0.717) is 10.6 Å². The van der Waals surface area contributed by atoms with Gasteiger partial charge in [-0.3, -0.25) is 4.98 Å². The summed E-state index contributed by atoms with van der Waals surface area (Å²) < 4.78 is 2.02. The van der Waals surface area contributed by atoms with E-state index in [9.17, 15) is 0 Å². The maximum atomic E-state index is 5.25. The van der Waals surface area contributed by atoms with E-state index in [-0.39, 0.29) is 0 Å². The smallest absolute Gasteiger partial charge is 0.216 e. The Morgan fingerprint density at radius 1 is 1.22 bits per heavy atom. The van der Waals surface area contributed by atoms with Crippen LogP contribution in [-0.4, -0.2) is 40.2 Å². The standard InChI is InChI=1S/C16H16N6S/c1-21(2)14-7-5-12(6-8-14)10-18-22-15(19-20-16(22)23)13-4-3-9-17-11-13/h3-11H,1-2H3,(H,20,23)/b18-10+. The van der Waals surface area contributed by atoms with Crippen LogP contribution in [0.5, 0.6) is 0 Å². The Morgan fingerprint density at radius 2 is 2.00 bits per heavy atom. The number of rotatable bonds is 4. The van der Waals surface area contributed by atoms with Gasteiger partial charge in [0.05, 0.1) is 6.21 Å². The van der Waals surface area contributed by atoms with Gasteiger partial charge in [-0.15, -0.1) is 0 Å². The van der Waals surface area contributed by atoms with Crippen LogP contribution in [0.3, 0.4) is 0 Å². The molecule has 2 aromatic heterocycles. The van der Waals surface area contributed by atoms with E-state index < -0.39 is 0 Å². The molecule has 3 aromatic rings. The van der Waals surface area contributed by atoms with Gasteiger partial charge in [0.1, 0.15) is 0 Å². The molecule has 0 fully saturated rings. The summed E-state index contributed by atoms with van der Waals surface area (Å²) in [4.78, 5) is 6.15. The fourth-order valence-corrected chi connectivity index (χ4v) is 2.24. The van der Waals surface area contributed by atoms with Crippen LogP contribution in [-0.2, 0) is 0 Å². The number of anilines is 1. The van der Waals surface area contributed by atoms with E-state index in [4.69, 9.17) is 12.2 Å². The molecule has 0 bridgehead atoms. The Kier molecular flexibility index (Phi) is 4.29. The van der Waals surface area contributed by atoms with E-state index >= 15 is 0 Å². The second-order valence-corrected chi connectivity index (χ2v) is 5.52. The van der Waals surface area contributed by atoms with Crippen LogP contribution in [0.15, 0.2) is 53.9 Å². The highest BCUT2D eigenvalue weighted by molar-refractivity contribution is 7.71. The lowest BCUT2D eigenvalue weighted by Gasteiger charge is -2.11. The summed E-state index contributed by atoms with van der Waals surface area (Å²) >= 11 is 5.25. The maximum absolute atomic E-state index is 5.25. The lowest BCUT2D eigenvalue weighted by Crippen LogP contribution is -2.08. The van der Waals surface area contributed by atoms with Crippen molar-refractivity contribution >= 4 is 24.1 Å². The van der Waals surface area contributed by atoms with Crippen LogP contribution >= 0.6 is 12.2 Å². The van der Waals surface area contributed by atoms with Gasteiger partial charge in [0.15, 0.2) is 5.82 Å². The van der Waals surface area contributed by atoms with E-state index in [0.717, 1.165) is 16.8 Å². The predicted molar refractivity (Wildman–Crippen MR) is 94.4 cm³/mol. The summed E-state index contributed by atoms with van der Waals surface area (Å²) in [7, 11) is 4.02. The van der Waals surface area contributed by atoms with Crippen LogP contribution < -0.4 is 4.90 Å². The molecule has 0 aliphatic rings. The number of pyridine rings is 1. The van der Waals surface area contributed by atoms with Crippen LogP contribution in [0.25, 0.3) is 11.4 Å². The number of aromatic amines is 1. The van der Waals surface area contributed by atoms with Crippen LogP contribution in [0.2, 0.25) is 0 Å². The molecule has 6 nitrogen and oxygen atoms in total. The number of nitrogens with zero attached hydrogens (tertiary/aromatic N) is 5. The Morgan fingerprint density at radius 3 is 2.65 bits per heavy atom. The van der Waals surface area contributed by atoms with Crippen molar-refractivity contribution in [2.45, 2.75) is 0 Å². The average molecular weight is 324 g/mol. The molecule has 0 spiro atoms. The fourth-order valence-electron chi connectivity index (χ4n) is 2.06. The summed E-state index contributed by atoms with van der Waals surface area (Å²) in [5, 5.41) is 11.4. The van der Waals surface area contributed by atoms with Crippen molar-refractivity contribution in [2.75, 3.05) is 19.0 Å². The summed E-state index contributed by atoms with van der Waals surface area (Å²) in [5.41, 5.74) is 2.97. The van der Waals surface area contributed by atoms with E-state index in [2.05, 4.69) is 20.3 Å². The third kappa shape index (κ3) is 3.35. The van der Waals surface area contributed by atoms with E-state index in [1.54, 1.807) is 23.3 Å². The third-order valence-corrected chi connectivity index (χ3v) is 3.57. The predicted octanol–water partition coefficient (Wildman–Crippen LogP) is 2.95. The molecule has 0 saturated carbocycles. The largest absolute Gasteiger partial charge is 0.378 e. The second-order valence-electron chi connectivity index (χ2n) is 5.14. The van der Waals surface area contributed by atoms with E-state index in [1.807, 2.05) is 55.4 Å². The van der Waals surface area contributed by atoms with Crippen molar-refractivity contribution in [3.8, 4) is 11.4 Å². The highest BCUT2D eigenvalue weighted by atomic mass is 32.1. The number of hydrogen-bond acceptors (Lipinski definition) is 5. The Balaban J connectivity index is 1.91. The van der Waals surface area contributed by atoms with Gasteiger partial charge in [-0.2, -0.15) is 14.9 Å². The van der Waals surface area contributed by atoms with Gasteiger partial charge in [0.25, 0.3) is 0 Å².